The van der Waals surface area contributed by atoms with Gasteiger partial charge in [0.15, 0.2) is 0 Å². The van der Waals surface area contributed by atoms with Crippen LogP contribution in [0.4, 0.5) is 10.1 Å². The number of thiophene rings is 1. The van der Waals surface area contributed by atoms with Gasteiger partial charge in [-0.05, 0) is 37.6 Å². The van der Waals surface area contributed by atoms with Crippen LogP contribution in [-0.4, -0.2) is 0 Å². The van der Waals surface area contributed by atoms with Crippen LogP contribution in [-0.2, 0) is 0 Å². The highest BCUT2D eigenvalue weighted by molar-refractivity contribution is 7.16. The van der Waals surface area contributed by atoms with Crippen LogP contribution in [0, 0.1) is 12.7 Å². The molecule has 0 amide bonds. The molecule has 0 radical (unpaired) electrons. The zero-order valence-corrected chi connectivity index (χ0v) is 11.2. The highest BCUT2D eigenvalue weighted by Gasteiger charge is 2.12. The Balaban J connectivity index is 2.21. The Labute approximate surface area is 109 Å². The smallest absolute Gasteiger partial charge is 0.146 e. The topological polar surface area (TPSA) is 12.0 Å². The molecule has 2 rings (SSSR count). The van der Waals surface area contributed by atoms with Crippen molar-refractivity contribution in [3.05, 3.63) is 50.9 Å². The van der Waals surface area contributed by atoms with Crippen molar-refractivity contribution in [1.82, 2.24) is 0 Å². The lowest BCUT2D eigenvalue weighted by atomic mass is 10.1. The number of halogens is 2. The second kappa shape index (κ2) is 5.07. The first-order valence-electron chi connectivity index (χ1n) is 5.35. The molecular formula is C13H13ClFNS. The molecule has 90 valence electrons. The van der Waals surface area contributed by atoms with Gasteiger partial charge in [0.05, 0.1) is 16.1 Å². The van der Waals surface area contributed by atoms with Gasteiger partial charge in [-0.2, -0.15) is 0 Å². The van der Waals surface area contributed by atoms with E-state index in [1.54, 1.807) is 6.07 Å². The van der Waals surface area contributed by atoms with Gasteiger partial charge in [0.2, 0.25) is 0 Å². The number of anilines is 1. The third-order valence-corrected chi connectivity index (χ3v) is 4.02. The molecule has 1 nitrogen and oxygen atoms in total. The minimum Gasteiger partial charge on any atom is -0.375 e. The lowest BCUT2D eigenvalue weighted by molar-refractivity contribution is 0.626. The Kier molecular flexibility index (Phi) is 3.69. The highest BCUT2D eigenvalue weighted by Crippen LogP contribution is 2.30. The van der Waals surface area contributed by atoms with Crippen LogP contribution in [0.25, 0.3) is 0 Å². The predicted octanol–water partition coefficient (Wildman–Crippen LogP) is 5.02. The van der Waals surface area contributed by atoms with Gasteiger partial charge in [-0.1, -0.05) is 23.7 Å². The molecule has 1 atom stereocenters. The summed E-state index contributed by atoms with van der Waals surface area (Å²) < 4.78 is 14.4. The molecule has 1 N–H and O–H groups in total. The minimum atomic E-state index is -0.223. The van der Waals surface area contributed by atoms with Crippen molar-refractivity contribution in [2.45, 2.75) is 19.9 Å². The normalized spacial score (nSPS) is 12.5. The lowest BCUT2D eigenvalue weighted by Gasteiger charge is -2.16. The SMILES string of the molecule is Cc1cccc(F)c1NC(C)c1ccc(Cl)s1. The average Bonchev–Trinajstić information content (AvgIpc) is 2.70. The lowest BCUT2D eigenvalue weighted by Crippen LogP contribution is -2.07. The van der Waals surface area contributed by atoms with Crippen LogP contribution in [0.5, 0.6) is 0 Å². The predicted molar refractivity (Wildman–Crippen MR) is 72.5 cm³/mol. The van der Waals surface area contributed by atoms with Crippen molar-refractivity contribution in [3.63, 3.8) is 0 Å². The zero-order chi connectivity index (χ0) is 12.4. The maximum absolute atomic E-state index is 13.6. The van der Waals surface area contributed by atoms with E-state index >= 15 is 0 Å². The molecule has 1 heterocycles. The molecule has 1 aromatic carbocycles. The standard InChI is InChI=1S/C13H13ClFNS/c1-8-4-3-5-10(15)13(8)16-9(2)11-6-7-12(14)17-11/h3-7,9,16H,1-2H3. The van der Waals surface area contributed by atoms with E-state index in [1.165, 1.54) is 17.4 Å². The molecule has 17 heavy (non-hydrogen) atoms. The zero-order valence-electron chi connectivity index (χ0n) is 9.63. The number of aryl methyl sites for hydroxylation is 1. The molecule has 0 spiro atoms. The molecule has 0 aliphatic rings. The van der Waals surface area contributed by atoms with Crippen LogP contribution in [0.2, 0.25) is 4.34 Å². The van der Waals surface area contributed by atoms with Crippen molar-refractivity contribution < 1.29 is 4.39 Å². The third kappa shape index (κ3) is 2.79. The summed E-state index contributed by atoms with van der Waals surface area (Å²) in [6.07, 6.45) is 0. The maximum Gasteiger partial charge on any atom is 0.146 e. The summed E-state index contributed by atoms with van der Waals surface area (Å²) in [6.45, 7) is 3.88. The minimum absolute atomic E-state index is 0.0445. The van der Waals surface area contributed by atoms with Crippen LogP contribution in [0.1, 0.15) is 23.4 Å². The van der Waals surface area contributed by atoms with E-state index in [0.29, 0.717) is 5.69 Å². The fourth-order valence-corrected chi connectivity index (χ4v) is 2.73. The number of nitrogens with one attached hydrogen (secondary N) is 1. The molecule has 0 saturated carbocycles. The van der Waals surface area contributed by atoms with Crippen LogP contribution < -0.4 is 5.32 Å². The van der Waals surface area contributed by atoms with Crippen molar-refractivity contribution in [2.75, 3.05) is 5.32 Å². The summed E-state index contributed by atoms with van der Waals surface area (Å²) in [6, 6.07) is 8.92. The number of benzene rings is 1. The number of para-hydroxylation sites is 1. The Morgan fingerprint density at radius 2 is 2.06 bits per heavy atom. The molecule has 0 aliphatic carbocycles. The van der Waals surface area contributed by atoms with Gasteiger partial charge in [-0.25, -0.2) is 4.39 Å². The Morgan fingerprint density at radius 1 is 1.29 bits per heavy atom. The van der Waals surface area contributed by atoms with Crippen molar-refractivity contribution in [1.29, 1.82) is 0 Å². The molecule has 1 unspecified atom stereocenters. The fraction of sp³-hybridized carbons (Fsp3) is 0.231. The second-order valence-corrected chi connectivity index (χ2v) is 5.69. The quantitative estimate of drug-likeness (QED) is 0.825. The van der Waals surface area contributed by atoms with Crippen molar-refractivity contribution in [2.24, 2.45) is 0 Å². The first kappa shape index (κ1) is 12.4. The second-order valence-electron chi connectivity index (χ2n) is 3.94. The summed E-state index contributed by atoms with van der Waals surface area (Å²) in [7, 11) is 0. The summed E-state index contributed by atoms with van der Waals surface area (Å²) in [5.41, 5.74) is 1.46. The van der Waals surface area contributed by atoms with E-state index in [2.05, 4.69) is 5.32 Å². The van der Waals surface area contributed by atoms with E-state index < -0.39 is 0 Å². The summed E-state index contributed by atoms with van der Waals surface area (Å²) >= 11 is 7.39. The van der Waals surface area contributed by atoms with Gasteiger partial charge < -0.3 is 5.32 Å². The van der Waals surface area contributed by atoms with E-state index in [1.807, 2.05) is 32.0 Å². The van der Waals surface area contributed by atoms with E-state index in [9.17, 15) is 4.39 Å². The molecule has 0 saturated heterocycles. The molecule has 0 bridgehead atoms. The van der Waals surface area contributed by atoms with Crippen LogP contribution in [0.15, 0.2) is 30.3 Å². The molecule has 4 heteroatoms. The van der Waals surface area contributed by atoms with E-state index in [4.69, 9.17) is 11.6 Å². The number of hydrogen-bond acceptors (Lipinski definition) is 2. The number of hydrogen-bond donors (Lipinski definition) is 1. The van der Waals surface area contributed by atoms with E-state index in [-0.39, 0.29) is 11.9 Å². The van der Waals surface area contributed by atoms with Gasteiger partial charge in [0.1, 0.15) is 5.82 Å². The van der Waals surface area contributed by atoms with Crippen LogP contribution >= 0.6 is 22.9 Å². The first-order valence-corrected chi connectivity index (χ1v) is 6.54. The average molecular weight is 270 g/mol. The van der Waals surface area contributed by atoms with Gasteiger partial charge in [0.25, 0.3) is 0 Å². The highest BCUT2D eigenvalue weighted by atomic mass is 35.5. The summed E-state index contributed by atoms with van der Waals surface area (Å²) in [5, 5.41) is 3.18. The summed E-state index contributed by atoms with van der Waals surface area (Å²) in [4.78, 5) is 1.10. The largest absolute Gasteiger partial charge is 0.375 e. The van der Waals surface area contributed by atoms with Crippen molar-refractivity contribution in [3.8, 4) is 0 Å². The Hall–Kier alpha value is -1.06. The Bertz CT molecular complexity index is 504. The van der Waals surface area contributed by atoms with Gasteiger partial charge in [0, 0.05) is 4.88 Å². The van der Waals surface area contributed by atoms with Gasteiger partial charge in [-0.15, -0.1) is 11.3 Å². The van der Waals surface area contributed by atoms with Crippen LogP contribution in [0.3, 0.4) is 0 Å². The van der Waals surface area contributed by atoms with Gasteiger partial charge in [-0.3, -0.25) is 0 Å². The fourth-order valence-electron chi connectivity index (χ4n) is 1.66. The first-order chi connectivity index (χ1) is 8.08. The number of rotatable bonds is 3. The van der Waals surface area contributed by atoms with Gasteiger partial charge >= 0.3 is 0 Å². The van der Waals surface area contributed by atoms with Crippen molar-refractivity contribution >= 4 is 28.6 Å². The molecule has 0 fully saturated rings. The van der Waals surface area contributed by atoms with E-state index in [0.717, 1.165) is 14.8 Å². The molecule has 0 aliphatic heterocycles. The third-order valence-electron chi connectivity index (χ3n) is 2.60. The maximum atomic E-state index is 13.6. The Morgan fingerprint density at radius 3 is 2.65 bits per heavy atom. The summed E-state index contributed by atoms with van der Waals surface area (Å²) in [5.74, 6) is -0.223. The molecule has 2 aromatic rings. The molecular weight excluding hydrogens is 257 g/mol. The molecule has 1 aromatic heterocycles. The monoisotopic (exact) mass is 269 g/mol.